The number of rotatable bonds is 5. The molecular weight excluding hydrogens is 320 g/mol. The van der Waals surface area contributed by atoms with E-state index in [0.717, 1.165) is 5.56 Å². The highest BCUT2D eigenvalue weighted by Crippen LogP contribution is 2.19. The minimum Gasteiger partial charge on any atom is -0.478 e. The second-order valence-corrected chi connectivity index (χ2v) is 5.57. The van der Waals surface area contributed by atoms with Gasteiger partial charge in [0.25, 0.3) is 0 Å². The Kier molecular flexibility index (Phi) is 4.61. The molecule has 0 bridgehead atoms. The van der Waals surface area contributed by atoms with Gasteiger partial charge < -0.3 is 14.8 Å². The average Bonchev–Trinajstić information content (AvgIpc) is 3.03. The van der Waals surface area contributed by atoms with Crippen molar-refractivity contribution in [3.05, 3.63) is 71.6 Å². The number of carbonyl (C=O) groups is 2. The Morgan fingerprint density at radius 2 is 1.92 bits per heavy atom. The molecule has 0 saturated carbocycles. The van der Waals surface area contributed by atoms with E-state index in [1.165, 1.54) is 12.3 Å². The Labute approximate surface area is 144 Å². The fourth-order valence-corrected chi connectivity index (χ4v) is 2.45. The van der Waals surface area contributed by atoms with Gasteiger partial charge in [-0.3, -0.25) is 4.79 Å². The summed E-state index contributed by atoms with van der Waals surface area (Å²) in [5.74, 6) is -0.785. The number of hydrogen-bond donors (Lipinski definition) is 2. The van der Waals surface area contributed by atoms with E-state index < -0.39 is 5.97 Å². The fourth-order valence-electron chi connectivity index (χ4n) is 2.45. The number of aromatic nitrogens is 1. The number of carbonyl (C=O) groups excluding carboxylic acids is 1. The van der Waals surface area contributed by atoms with Crippen LogP contribution in [0.25, 0.3) is 11.5 Å². The molecule has 25 heavy (non-hydrogen) atoms. The molecule has 6 heteroatoms. The molecule has 1 heterocycles. The van der Waals surface area contributed by atoms with E-state index in [-0.39, 0.29) is 17.9 Å². The van der Waals surface area contributed by atoms with Crippen LogP contribution in [0.4, 0.5) is 5.69 Å². The van der Waals surface area contributed by atoms with Crippen LogP contribution >= 0.6 is 0 Å². The molecule has 126 valence electrons. The van der Waals surface area contributed by atoms with Gasteiger partial charge in [-0.2, -0.15) is 0 Å². The molecule has 0 aliphatic heterocycles. The van der Waals surface area contributed by atoms with Gasteiger partial charge in [-0.15, -0.1) is 0 Å². The number of aryl methyl sites for hydroxylation is 1. The topological polar surface area (TPSA) is 92.4 Å². The number of nitrogens with one attached hydrogen (secondary N) is 1. The van der Waals surface area contributed by atoms with Crippen molar-refractivity contribution < 1.29 is 19.1 Å². The highest BCUT2D eigenvalue weighted by Gasteiger charge is 2.12. The minimum absolute atomic E-state index is 0.0655. The molecule has 2 N–H and O–H groups in total. The summed E-state index contributed by atoms with van der Waals surface area (Å²) in [5, 5.41) is 11.8. The first-order chi connectivity index (χ1) is 12.0. The van der Waals surface area contributed by atoms with Crippen molar-refractivity contribution in [2.75, 3.05) is 5.32 Å². The molecule has 0 fully saturated rings. The van der Waals surface area contributed by atoms with Crippen molar-refractivity contribution in [3.63, 3.8) is 0 Å². The molecular formula is C19H16N2O4. The Morgan fingerprint density at radius 3 is 2.60 bits per heavy atom. The molecule has 0 aliphatic rings. The van der Waals surface area contributed by atoms with Gasteiger partial charge in [-0.25, -0.2) is 9.78 Å². The number of oxazole rings is 1. The summed E-state index contributed by atoms with van der Waals surface area (Å²) in [7, 11) is 0. The van der Waals surface area contributed by atoms with Crippen LogP contribution < -0.4 is 5.32 Å². The minimum atomic E-state index is -0.994. The van der Waals surface area contributed by atoms with Crippen molar-refractivity contribution in [1.82, 2.24) is 4.98 Å². The molecule has 1 aromatic heterocycles. The second-order valence-electron chi connectivity index (χ2n) is 5.57. The second kappa shape index (κ2) is 7.00. The number of hydrogen-bond acceptors (Lipinski definition) is 4. The van der Waals surface area contributed by atoms with Gasteiger partial charge in [0.05, 0.1) is 17.7 Å². The molecule has 3 rings (SSSR count). The summed E-state index contributed by atoms with van der Waals surface area (Å²) >= 11 is 0. The summed E-state index contributed by atoms with van der Waals surface area (Å²) in [5.41, 5.74) is 2.70. The van der Waals surface area contributed by atoms with Crippen molar-refractivity contribution >= 4 is 17.6 Å². The summed E-state index contributed by atoms with van der Waals surface area (Å²) in [6, 6.07) is 14.1. The quantitative estimate of drug-likeness (QED) is 0.743. The molecule has 0 spiro atoms. The highest BCUT2D eigenvalue weighted by molar-refractivity contribution is 5.94. The number of amides is 1. The fraction of sp³-hybridized carbons (Fsp3) is 0.105. The van der Waals surface area contributed by atoms with E-state index in [4.69, 9.17) is 9.52 Å². The van der Waals surface area contributed by atoms with Gasteiger partial charge in [0.15, 0.2) is 0 Å². The Hall–Kier alpha value is -3.41. The van der Waals surface area contributed by atoms with Crippen molar-refractivity contribution in [1.29, 1.82) is 0 Å². The average molecular weight is 336 g/mol. The van der Waals surface area contributed by atoms with E-state index in [1.807, 2.05) is 30.3 Å². The predicted molar refractivity (Wildman–Crippen MR) is 92.4 cm³/mol. The lowest BCUT2D eigenvalue weighted by Crippen LogP contribution is -2.15. The lowest BCUT2D eigenvalue weighted by atomic mass is 10.1. The predicted octanol–water partition coefficient (Wildman–Crippen LogP) is 3.53. The molecule has 0 saturated heterocycles. The SMILES string of the molecule is Cc1cc(NC(=O)Cc2coc(-c3ccccc3)n2)ccc1C(=O)O. The van der Waals surface area contributed by atoms with Crippen LogP contribution in [0.5, 0.6) is 0 Å². The Balaban J connectivity index is 1.66. The molecule has 3 aromatic rings. The number of anilines is 1. The van der Waals surface area contributed by atoms with Crippen LogP contribution in [0.2, 0.25) is 0 Å². The van der Waals surface area contributed by atoms with Crippen LogP contribution in [0, 0.1) is 6.92 Å². The number of carboxylic acid groups (broad SMARTS) is 1. The van der Waals surface area contributed by atoms with Gasteiger partial charge in [0, 0.05) is 11.3 Å². The molecule has 6 nitrogen and oxygen atoms in total. The number of benzene rings is 2. The number of aromatic carboxylic acids is 1. The van der Waals surface area contributed by atoms with E-state index in [2.05, 4.69) is 10.3 Å². The maximum atomic E-state index is 12.1. The van der Waals surface area contributed by atoms with Gasteiger partial charge >= 0.3 is 5.97 Å². The zero-order valence-corrected chi connectivity index (χ0v) is 13.5. The Morgan fingerprint density at radius 1 is 1.16 bits per heavy atom. The summed E-state index contributed by atoms with van der Waals surface area (Å²) in [6.07, 6.45) is 1.52. The van der Waals surface area contributed by atoms with Crippen LogP contribution in [0.1, 0.15) is 21.6 Å². The van der Waals surface area contributed by atoms with E-state index in [9.17, 15) is 9.59 Å². The third kappa shape index (κ3) is 3.92. The van der Waals surface area contributed by atoms with Crippen molar-refractivity contribution in [2.24, 2.45) is 0 Å². The molecule has 2 aromatic carbocycles. The number of carboxylic acids is 1. The van der Waals surface area contributed by atoms with Gasteiger partial charge in [0.1, 0.15) is 6.26 Å². The first kappa shape index (κ1) is 16.4. The normalized spacial score (nSPS) is 10.4. The number of nitrogens with zero attached hydrogens (tertiary/aromatic N) is 1. The molecule has 0 unspecified atom stereocenters. The summed E-state index contributed by atoms with van der Waals surface area (Å²) in [4.78, 5) is 27.5. The zero-order valence-electron chi connectivity index (χ0n) is 13.5. The van der Waals surface area contributed by atoms with E-state index in [1.54, 1.807) is 19.1 Å². The first-order valence-corrected chi connectivity index (χ1v) is 7.66. The largest absolute Gasteiger partial charge is 0.478 e. The summed E-state index contributed by atoms with van der Waals surface area (Å²) < 4.78 is 5.41. The first-order valence-electron chi connectivity index (χ1n) is 7.66. The van der Waals surface area contributed by atoms with E-state index >= 15 is 0 Å². The van der Waals surface area contributed by atoms with Gasteiger partial charge in [0.2, 0.25) is 11.8 Å². The lowest BCUT2D eigenvalue weighted by Gasteiger charge is -2.07. The van der Waals surface area contributed by atoms with Crippen LogP contribution in [-0.4, -0.2) is 22.0 Å². The van der Waals surface area contributed by atoms with Gasteiger partial charge in [-0.1, -0.05) is 18.2 Å². The highest BCUT2D eigenvalue weighted by atomic mass is 16.4. The monoisotopic (exact) mass is 336 g/mol. The maximum absolute atomic E-state index is 12.1. The van der Waals surface area contributed by atoms with Gasteiger partial charge in [-0.05, 0) is 42.8 Å². The molecule has 0 aliphatic carbocycles. The standard InChI is InChI=1S/C19H16N2O4/c1-12-9-14(7-8-16(12)19(23)24)20-17(22)10-15-11-25-18(21-15)13-5-3-2-4-6-13/h2-9,11H,10H2,1H3,(H,20,22)(H,23,24). The van der Waals surface area contributed by atoms with Crippen LogP contribution in [0.3, 0.4) is 0 Å². The lowest BCUT2D eigenvalue weighted by molar-refractivity contribution is -0.115. The molecule has 0 radical (unpaired) electrons. The van der Waals surface area contributed by atoms with Crippen LogP contribution in [0.15, 0.2) is 59.2 Å². The molecule has 0 atom stereocenters. The van der Waals surface area contributed by atoms with Crippen molar-refractivity contribution in [2.45, 2.75) is 13.3 Å². The third-order valence-electron chi connectivity index (χ3n) is 3.65. The summed E-state index contributed by atoms with van der Waals surface area (Å²) in [6.45, 7) is 1.68. The third-order valence-corrected chi connectivity index (χ3v) is 3.65. The zero-order chi connectivity index (χ0) is 17.8. The Bertz CT molecular complexity index is 916. The van der Waals surface area contributed by atoms with Crippen LogP contribution in [-0.2, 0) is 11.2 Å². The maximum Gasteiger partial charge on any atom is 0.335 e. The smallest absolute Gasteiger partial charge is 0.335 e. The van der Waals surface area contributed by atoms with E-state index in [0.29, 0.717) is 22.8 Å². The molecule has 1 amide bonds. The van der Waals surface area contributed by atoms with Crippen molar-refractivity contribution in [3.8, 4) is 11.5 Å².